The second kappa shape index (κ2) is 5.65. The number of aryl methyl sites for hydroxylation is 1. The topological polar surface area (TPSA) is 49.3 Å². The third kappa shape index (κ3) is 3.82. The van der Waals surface area contributed by atoms with E-state index in [1.54, 1.807) is 6.07 Å². The van der Waals surface area contributed by atoms with Crippen molar-refractivity contribution in [3.63, 3.8) is 0 Å². The second-order valence-corrected chi connectivity index (χ2v) is 5.54. The van der Waals surface area contributed by atoms with Crippen molar-refractivity contribution in [1.29, 1.82) is 0 Å². The summed E-state index contributed by atoms with van der Waals surface area (Å²) in [5.74, 6) is -0.126. The molecule has 17 heavy (non-hydrogen) atoms. The summed E-state index contributed by atoms with van der Waals surface area (Å²) in [6, 6.07) is 5.58. The number of benzene rings is 1. The summed E-state index contributed by atoms with van der Waals surface area (Å²) >= 11 is 3.42. The van der Waals surface area contributed by atoms with E-state index in [4.69, 9.17) is 5.11 Å². The van der Waals surface area contributed by atoms with Crippen LogP contribution in [0.5, 0.6) is 0 Å². The highest BCUT2D eigenvalue weighted by atomic mass is 79.9. The molecule has 0 spiro atoms. The molecule has 2 N–H and O–H groups in total. The van der Waals surface area contributed by atoms with Gasteiger partial charge in [0.05, 0.1) is 5.56 Å². The standard InChI is InChI=1S/C13H18BrNO2/c1-9-5-4-6-10(11(9)14)12(17)15-13(2,3)7-8-16/h4-6,16H,7-8H2,1-3H3,(H,15,17). The fourth-order valence-electron chi connectivity index (χ4n) is 1.54. The van der Waals surface area contributed by atoms with Gasteiger partial charge < -0.3 is 10.4 Å². The maximum atomic E-state index is 12.1. The van der Waals surface area contributed by atoms with Gasteiger partial charge in [0.2, 0.25) is 0 Å². The smallest absolute Gasteiger partial charge is 0.252 e. The van der Waals surface area contributed by atoms with Crippen molar-refractivity contribution in [1.82, 2.24) is 5.32 Å². The van der Waals surface area contributed by atoms with Crippen LogP contribution in [0.4, 0.5) is 0 Å². The van der Waals surface area contributed by atoms with E-state index in [9.17, 15) is 4.79 Å². The zero-order valence-corrected chi connectivity index (χ0v) is 12.0. The number of hydrogen-bond acceptors (Lipinski definition) is 2. The predicted octanol–water partition coefficient (Wildman–Crippen LogP) is 2.65. The van der Waals surface area contributed by atoms with E-state index >= 15 is 0 Å². The number of halogens is 1. The van der Waals surface area contributed by atoms with Crippen LogP contribution in [0.1, 0.15) is 36.2 Å². The first-order chi connectivity index (χ1) is 7.87. The van der Waals surface area contributed by atoms with Crippen molar-refractivity contribution in [2.75, 3.05) is 6.61 Å². The average Bonchev–Trinajstić information content (AvgIpc) is 2.21. The van der Waals surface area contributed by atoms with Gasteiger partial charge in [-0.15, -0.1) is 0 Å². The normalized spacial score (nSPS) is 11.4. The zero-order valence-electron chi connectivity index (χ0n) is 10.4. The van der Waals surface area contributed by atoms with Gasteiger partial charge in [-0.25, -0.2) is 0 Å². The van der Waals surface area contributed by atoms with Crippen molar-refractivity contribution in [3.8, 4) is 0 Å². The highest BCUT2D eigenvalue weighted by Gasteiger charge is 2.21. The van der Waals surface area contributed by atoms with Gasteiger partial charge in [-0.1, -0.05) is 12.1 Å². The number of nitrogens with one attached hydrogen (secondary N) is 1. The molecule has 0 unspecified atom stereocenters. The average molecular weight is 300 g/mol. The van der Waals surface area contributed by atoms with Crippen molar-refractivity contribution in [2.45, 2.75) is 32.7 Å². The molecule has 0 saturated carbocycles. The van der Waals surface area contributed by atoms with Crippen molar-refractivity contribution in [3.05, 3.63) is 33.8 Å². The van der Waals surface area contributed by atoms with Crippen molar-refractivity contribution < 1.29 is 9.90 Å². The Bertz CT molecular complexity index is 416. The second-order valence-electron chi connectivity index (χ2n) is 4.75. The quantitative estimate of drug-likeness (QED) is 0.898. The molecule has 1 amide bonds. The van der Waals surface area contributed by atoms with Crippen LogP contribution in [0.2, 0.25) is 0 Å². The number of aliphatic hydroxyl groups is 1. The van der Waals surface area contributed by atoms with E-state index in [0.717, 1.165) is 10.0 Å². The maximum absolute atomic E-state index is 12.1. The molecule has 1 rings (SSSR count). The third-order valence-electron chi connectivity index (χ3n) is 2.63. The Morgan fingerprint density at radius 1 is 1.47 bits per heavy atom. The molecule has 94 valence electrons. The molecule has 0 aliphatic rings. The summed E-state index contributed by atoms with van der Waals surface area (Å²) in [6.45, 7) is 5.79. The highest BCUT2D eigenvalue weighted by molar-refractivity contribution is 9.10. The summed E-state index contributed by atoms with van der Waals surface area (Å²) < 4.78 is 0.817. The summed E-state index contributed by atoms with van der Waals surface area (Å²) in [5, 5.41) is 11.8. The molecule has 0 aromatic heterocycles. The lowest BCUT2D eigenvalue weighted by Crippen LogP contribution is -2.44. The van der Waals surface area contributed by atoms with E-state index < -0.39 is 5.54 Å². The lowest BCUT2D eigenvalue weighted by molar-refractivity contribution is 0.0898. The van der Waals surface area contributed by atoms with Crippen LogP contribution in [-0.4, -0.2) is 23.2 Å². The Morgan fingerprint density at radius 3 is 2.71 bits per heavy atom. The Labute approximate surface area is 110 Å². The molecule has 0 bridgehead atoms. The Balaban J connectivity index is 2.87. The zero-order chi connectivity index (χ0) is 13.1. The van der Waals surface area contributed by atoms with Crippen LogP contribution in [0.15, 0.2) is 22.7 Å². The minimum atomic E-state index is -0.408. The lowest BCUT2D eigenvalue weighted by Gasteiger charge is -2.25. The number of carbonyl (C=O) groups excluding carboxylic acids is 1. The summed E-state index contributed by atoms with van der Waals surface area (Å²) in [4.78, 5) is 12.1. The van der Waals surface area contributed by atoms with Gasteiger partial charge in [-0.05, 0) is 54.8 Å². The van der Waals surface area contributed by atoms with E-state index in [2.05, 4.69) is 21.2 Å². The molecular formula is C13H18BrNO2. The van der Waals surface area contributed by atoms with Gasteiger partial charge in [-0.3, -0.25) is 4.79 Å². The predicted molar refractivity (Wildman–Crippen MR) is 72.1 cm³/mol. The minimum Gasteiger partial charge on any atom is -0.396 e. The number of carbonyl (C=O) groups is 1. The van der Waals surface area contributed by atoms with E-state index in [0.29, 0.717) is 12.0 Å². The molecule has 0 atom stereocenters. The largest absolute Gasteiger partial charge is 0.396 e. The highest BCUT2D eigenvalue weighted by Crippen LogP contribution is 2.21. The Hall–Kier alpha value is -0.870. The molecule has 4 heteroatoms. The monoisotopic (exact) mass is 299 g/mol. The summed E-state index contributed by atoms with van der Waals surface area (Å²) in [7, 11) is 0. The third-order valence-corrected chi connectivity index (χ3v) is 3.68. The lowest BCUT2D eigenvalue weighted by atomic mass is 10.0. The Morgan fingerprint density at radius 2 is 2.12 bits per heavy atom. The first kappa shape index (κ1) is 14.2. The van der Waals surface area contributed by atoms with Gasteiger partial charge >= 0.3 is 0 Å². The Kier molecular flexibility index (Phi) is 4.71. The molecule has 0 aliphatic carbocycles. The molecule has 1 aromatic carbocycles. The van der Waals surface area contributed by atoms with Crippen LogP contribution in [-0.2, 0) is 0 Å². The fourth-order valence-corrected chi connectivity index (χ4v) is 1.98. The first-order valence-corrected chi connectivity index (χ1v) is 6.35. The number of hydrogen-bond donors (Lipinski definition) is 2. The summed E-state index contributed by atoms with van der Waals surface area (Å²) in [5.41, 5.74) is 1.24. The van der Waals surface area contributed by atoms with E-state index in [1.807, 2.05) is 32.9 Å². The van der Waals surface area contributed by atoms with E-state index in [1.165, 1.54) is 0 Å². The summed E-state index contributed by atoms with van der Waals surface area (Å²) in [6.07, 6.45) is 0.530. The van der Waals surface area contributed by atoms with Gasteiger partial charge in [0, 0.05) is 16.6 Å². The fraction of sp³-hybridized carbons (Fsp3) is 0.462. The number of rotatable bonds is 4. The van der Waals surface area contributed by atoms with Crippen LogP contribution in [0, 0.1) is 6.92 Å². The van der Waals surface area contributed by atoms with Crippen LogP contribution in [0.3, 0.4) is 0 Å². The van der Waals surface area contributed by atoms with Crippen LogP contribution >= 0.6 is 15.9 Å². The molecule has 3 nitrogen and oxygen atoms in total. The molecule has 0 aliphatic heterocycles. The van der Waals surface area contributed by atoms with Gasteiger partial charge in [-0.2, -0.15) is 0 Å². The van der Waals surface area contributed by atoms with Crippen LogP contribution < -0.4 is 5.32 Å². The van der Waals surface area contributed by atoms with E-state index in [-0.39, 0.29) is 12.5 Å². The van der Waals surface area contributed by atoms with Gasteiger partial charge in [0.15, 0.2) is 0 Å². The number of amides is 1. The molecule has 0 heterocycles. The molecule has 0 fully saturated rings. The van der Waals surface area contributed by atoms with Gasteiger partial charge in [0.25, 0.3) is 5.91 Å². The van der Waals surface area contributed by atoms with Crippen molar-refractivity contribution in [2.24, 2.45) is 0 Å². The van der Waals surface area contributed by atoms with Crippen LogP contribution in [0.25, 0.3) is 0 Å². The molecule has 0 radical (unpaired) electrons. The molecule has 0 saturated heterocycles. The molecule has 1 aromatic rings. The minimum absolute atomic E-state index is 0.0578. The molecular weight excluding hydrogens is 282 g/mol. The maximum Gasteiger partial charge on any atom is 0.252 e. The number of aliphatic hydroxyl groups excluding tert-OH is 1. The van der Waals surface area contributed by atoms with Gasteiger partial charge in [0.1, 0.15) is 0 Å². The van der Waals surface area contributed by atoms with Crippen molar-refractivity contribution >= 4 is 21.8 Å². The first-order valence-electron chi connectivity index (χ1n) is 5.56. The SMILES string of the molecule is Cc1cccc(C(=O)NC(C)(C)CCO)c1Br.